The fourth-order valence-electron chi connectivity index (χ4n) is 3.40. The minimum Gasteiger partial charge on any atom is -0.493 e. The first-order chi connectivity index (χ1) is 15.4. The maximum Gasteiger partial charge on any atom is 0.338 e. The molecule has 1 aliphatic heterocycles. The number of nitro benzene ring substituents is 1. The molecule has 0 bridgehead atoms. The number of benzene rings is 2. The molecule has 10 nitrogen and oxygen atoms in total. The molecule has 0 saturated carbocycles. The Morgan fingerprint density at radius 1 is 1.16 bits per heavy atom. The molecule has 0 spiro atoms. The number of nitrogens with zero attached hydrogens (tertiary/aromatic N) is 1. The topological polar surface area (TPSA) is 129 Å². The quantitative estimate of drug-likeness (QED) is 0.365. The van der Waals surface area contributed by atoms with Gasteiger partial charge in [0.25, 0.3) is 5.69 Å². The summed E-state index contributed by atoms with van der Waals surface area (Å²) in [4.78, 5) is 36.6. The Hall–Kier alpha value is -4.08. The number of esters is 1. The molecule has 10 heteroatoms. The average molecular weight is 441 g/mol. The van der Waals surface area contributed by atoms with E-state index in [9.17, 15) is 19.7 Å². The predicted octanol–water partition coefficient (Wildman–Crippen LogP) is 3.33. The number of hydrogen-bond acceptors (Lipinski definition) is 7. The summed E-state index contributed by atoms with van der Waals surface area (Å²) in [5.74, 6) is -0.322. The Kier molecular flexibility index (Phi) is 6.93. The molecule has 32 heavy (non-hydrogen) atoms. The summed E-state index contributed by atoms with van der Waals surface area (Å²) < 4.78 is 15.9. The standard InChI is InChI=1S/C22H23N3O7/c1-4-10-32-17-11-14(15(25(28)29)12-16(17)30-2)20-18(21(26)31-3)19(23-22(27)24-20)13-8-6-5-7-9-13/h5-9,11-12,20H,4,10H2,1-3H3,(H2,23,24,27). The highest BCUT2D eigenvalue weighted by atomic mass is 16.6. The SMILES string of the molecule is CCCOc1cc(C2NC(=O)NC(c3ccccc3)=C2C(=O)OC)c([N+](=O)[O-])cc1OC. The predicted molar refractivity (Wildman–Crippen MR) is 115 cm³/mol. The Morgan fingerprint density at radius 2 is 1.88 bits per heavy atom. The van der Waals surface area contributed by atoms with E-state index in [0.29, 0.717) is 18.6 Å². The Balaban J connectivity index is 2.28. The fraction of sp³-hybridized carbons (Fsp3) is 0.273. The van der Waals surface area contributed by atoms with E-state index in [2.05, 4.69) is 10.6 Å². The first-order valence-corrected chi connectivity index (χ1v) is 9.85. The van der Waals surface area contributed by atoms with E-state index in [1.807, 2.05) is 6.92 Å². The molecule has 1 aliphatic rings. The highest BCUT2D eigenvalue weighted by Gasteiger charge is 2.38. The molecule has 3 rings (SSSR count). The van der Waals surface area contributed by atoms with Crippen molar-refractivity contribution in [1.82, 2.24) is 10.6 Å². The first-order valence-electron chi connectivity index (χ1n) is 9.85. The van der Waals surface area contributed by atoms with Crippen molar-refractivity contribution in [2.75, 3.05) is 20.8 Å². The van der Waals surface area contributed by atoms with E-state index < -0.39 is 23.0 Å². The number of hydrogen-bond donors (Lipinski definition) is 2. The smallest absolute Gasteiger partial charge is 0.338 e. The van der Waals surface area contributed by atoms with Crippen molar-refractivity contribution in [2.24, 2.45) is 0 Å². The van der Waals surface area contributed by atoms with Gasteiger partial charge in [-0.2, -0.15) is 0 Å². The number of nitrogens with one attached hydrogen (secondary N) is 2. The molecule has 0 radical (unpaired) electrons. The number of ether oxygens (including phenoxy) is 3. The van der Waals surface area contributed by atoms with Crippen LogP contribution >= 0.6 is 0 Å². The van der Waals surface area contributed by atoms with Gasteiger partial charge in [0.15, 0.2) is 11.5 Å². The van der Waals surface area contributed by atoms with Crippen LogP contribution in [0.25, 0.3) is 5.70 Å². The summed E-state index contributed by atoms with van der Waals surface area (Å²) in [6.07, 6.45) is 0.699. The lowest BCUT2D eigenvalue weighted by Crippen LogP contribution is -2.45. The van der Waals surface area contributed by atoms with Crippen LogP contribution in [0, 0.1) is 10.1 Å². The van der Waals surface area contributed by atoms with Gasteiger partial charge in [-0.15, -0.1) is 0 Å². The largest absolute Gasteiger partial charge is 0.493 e. The number of urea groups is 1. The van der Waals surface area contributed by atoms with Gasteiger partial charge in [0.05, 0.1) is 54.7 Å². The highest BCUT2D eigenvalue weighted by Crippen LogP contribution is 2.42. The zero-order chi connectivity index (χ0) is 23.3. The van der Waals surface area contributed by atoms with Gasteiger partial charge in [0, 0.05) is 0 Å². The van der Waals surface area contributed by atoms with Gasteiger partial charge in [-0.05, 0) is 18.1 Å². The van der Waals surface area contributed by atoms with Crippen molar-refractivity contribution >= 4 is 23.4 Å². The number of carbonyl (C=O) groups is 2. The molecule has 0 aromatic heterocycles. The molecule has 1 unspecified atom stereocenters. The van der Waals surface area contributed by atoms with Gasteiger partial charge in [-0.1, -0.05) is 37.3 Å². The fourth-order valence-corrected chi connectivity index (χ4v) is 3.40. The lowest BCUT2D eigenvalue weighted by Gasteiger charge is -2.29. The van der Waals surface area contributed by atoms with Gasteiger partial charge in [0.2, 0.25) is 0 Å². The van der Waals surface area contributed by atoms with Gasteiger partial charge >= 0.3 is 12.0 Å². The van der Waals surface area contributed by atoms with E-state index in [0.717, 1.165) is 0 Å². The molecule has 2 N–H and O–H groups in total. The molecule has 0 aliphatic carbocycles. The van der Waals surface area contributed by atoms with E-state index in [1.165, 1.54) is 26.4 Å². The molecule has 0 fully saturated rings. The van der Waals surface area contributed by atoms with Crippen molar-refractivity contribution in [1.29, 1.82) is 0 Å². The number of nitro groups is 1. The van der Waals surface area contributed by atoms with Crippen LogP contribution in [-0.4, -0.2) is 37.8 Å². The third-order valence-electron chi connectivity index (χ3n) is 4.82. The van der Waals surface area contributed by atoms with Crippen LogP contribution in [0.3, 0.4) is 0 Å². The molecule has 2 aromatic carbocycles. The maximum atomic E-state index is 12.8. The second-order valence-corrected chi connectivity index (χ2v) is 6.85. The van der Waals surface area contributed by atoms with Gasteiger partial charge < -0.3 is 24.8 Å². The van der Waals surface area contributed by atoms with Crippen molar-refractivity contribution in [3.63, 3.8) is 0 Å². The summed E-state index contributed by atoms with van der Waals surface area (Å²) >= 11 is 0. The van der Waals surface area contributed by atoms with E-state index in [4.69, 9.17) is 14.2 Å². The van der Waals surface area contributed by atoms with Crippen molar-refractivity contribution < 1.29 is 28.7 Å². The normalized spacial score (nSPS) is 15.5. The Morgan fingerprint density at radius 3 is 2.47 bits per heavy atom. The van der Waals surface area contributed by atoms with E-state index in [-0.39, 0.29) is 34.0 Å². The molecular weight excluding hydrogens is 418 g/mol. The molecule has 168 valence electrons. The van der Waals surface area contributed by atoms with Crippen LogP contribution in [0.4, 0.5) is 10.5 Å². The Labute approximate surface area is 184 Å². The Bertz CT molecular complexity index is 1070. The monoisotopic (exact) mass is 441 g/mol. The number of methoxy groups -OCH3 is 2. The lowest BCUT2D eigenvalue weighted by atomic mass is 9.91. The molecular formula is C22H23N3O7. The van der Waals surface area contributed by atoms with Crippen LogP contribution < -0.4 is 20.1 Å². The van der Waals surface area contributed by atoms with Crippen molar-refractivity contribution in [2.45, 2.75) is 19.4 Å². The van der Waals surface area contributed by atoms with Crippen molar-refractivity contribution in [3.05, 3.63) is 69.3 Å². The first kappa shape index (κ1) is 22.6. The van der Waals surface area contributed by atoms with Gasteiger partial charge in [-0.3, -0.25) is 10.1 Å². The van der Waals surface area contributed by atoms with Gasteiger partial charge in [0.1, 0.15) is 0 Å². The second-order valence-electron chi connectivity index (χ2n) is 6.85. The number of amides is 2. The van der Waals surface area contributed by atoms with Crippen LogP contribution in [0.15, 0.2) is 48.0 Å². The van der Waals surface area contributed by atoms with E-state index >= 15 is 0 Å². The summed E-state index contributed by atoms with van der Waals surface area (Å²) in [6.45, 7) is 2.26. The van der Waals surface area contributed by atoms with Gasteiger partial charge in [-0.25, -0.2) is 9.59 Å². The van der Waals surface area contributed by atoms with E-state index in [1.54, 1.807) is 30.3 Å². The zero-order valence-corrected chi connectivity index (χ0v) is 17.8. The number of rotatable bonds is 8. The summed E-state index contributed by atoms with van der Waals surface area (Å²) in [5.41, 5.74) is 0.490. The minimum absolute atomic E-state index is 0.0213. The van der Waals surface area contributed by atoms with Crippen LogP contribution in [-0.2, 0) is 9.53 Å². The average Bonchev–Trinajstić information content (AvgIpc) is 2.81. The minimum atomic E-state index is -1.17. The second kappa shape index (κ2) is 9.82. The summed E-state index contributed by atoms with van der Waals surface area (Å²) in [6, 6.07) is 9.52. The molecule has 0 saturated heterocycles. The van der Waals surface area contributed by atoms with Crippen molar-refractivity contribution in [3.8, 4) is 11.5 Å². The number of carbonyl (C=O) groups excluding carboxylic acids is 2. The maximum absolute atomic E-state index is 12.8. The van der Waals surface area contributed by atoms with Crippen LogP contribution in [0.1, 0.15) is 30.5 Å². The third-order valence-corrected chi connectivity index (χ3v) is 4.82. The highest BCUT2D eigenvalue weighted by molar-refractivity contribution is 6.04. The lowest BCUT2D eigenvalue weighted by molar-refractivity contribution is -0.385. The molecule has 1 heterocycles. The zero-order valence-electron chi connectivity index (χ0n) is 17.8. The summed E-state index contributed by atoms with van der Waals surface area (Å²) in [5, 5.41) is 17.1. The van der Waals surface area contributed by atoms with Crippen LogP contribution in [0.5, 0.6) is 11.5 Å². The molecule has 1 atom stereocenters. The molecule has 2 amide bonds. The third kappa shape index (κ3) is 4.48. The molecule has 2 aromatic rings. The van der Waals surface area contributed by atoms with Crippen LogP contribution in [0.2, 0.25) is 0 Å². The summed E-state index contributed by atoms with van der Waals surface area (Å²) in [7, 11) is 2.57.